The molecule has 0 radical (unpaired) electrons. The van der Waals surface area contributed by atoms with Crippen LogP contribution in [0.2, 0.25) is 0 Å². The number of hydrogen-bond donors (Lipinski definition) is 1. The highest BCUT2D eigenvalue weighted by Crippen LogP contribution is 2.23. The SMILES string of the molecule is CCC(C)NC(=O)C(C)N(Cc1cccc(OC)c1)C(=O)CN(c1cc(C)cc(C)c1)S(C)(=O)=O. The van der Waals surface area contributed by atoms with Gasteiger partial charge in [-0.15, -0.1) is 0 Å². The Balaban J connectivity index is 2.43. The standard InChI is InChI=1S/C26H37N3O5S/c1-8-20(4)27-26(31)21(5)28(16-22-10-9-11-24(15-22)34-6)25(30)17-29(35(7,32)33)23-13-18(2)12-19(3)14-23/h9-15,20-21H,8,16-17H2,1-7H3,(H,27,31). The van der Waals surface area contributed by atoms with Crippen LogP contribution in [0.3, 0.4) is 0 Å². The Labute approximate surface area is 209 Å². The molecule has 0 saturated carbocycles. The molecule has 9 heteroatoms. The maximum atomic E-state index is 13.6. The van der Waals surface area contributed by atoms with Crippen molar-refractivity contribution in [3.8, 4) is 5.75 Å². The summed E-state index contributed by atoms with van der Waals surface area (Å²) in [6, 6.07) is 11.7. The smallest absolute Gasteiger partial charge is 0.244 e. The van der Waals surface area contributed by atoms with E-state index >= 15 is 0 Å². The normalized spacial score (nSPS) is 13.0. The quantitative estimate of drug-likeness (QED) is 0.507. The van der Waals surface area contributed by atoms with Crippen LogP contribution in [0.4, 0.5) is 5.69 Å². The zero-order chi connectivity index (χ0) is 26.3. The van der Waals surface area contributed by atoms with Crippen LogP contribution >= 0.6 is 0 Å². The highest BCUT2D eigenvalue weighted by atomic mass is 32.2. The maximum Gasteiger partial charge on any atom is 0.244 e. The molecule has 0 heterocycles. The van der Waals surface area contributed by atoms with Gasteiger partial charge in [0.1, 0.15) is 18.3 Å². The van der Waals surface area contributed by atoms with Gasteiger partial charge in [0.15, 0.2) is 0 Å². The van der Waals surface area contributed by atoms with Gasteiger partial charge in [0.25, 0.3) is 0 Å². The lowest BCUT2D eigenvalue weighted by molar-refractivity contribution is -0.139. The van der Waals surface area contributed by atoms with Crippen LogP contribution in [-0.4, -0.2) is 57.1 Å². The van der Waals surface area contributed by atoms with Crippen LogP contribution in [0, 0.1) is 13.8 Å². The minimum absolute atomic E-state index is 0.0542. The minimum atomic E-state index is -3.77. The van der Waals surface area contributed by atoms with Crippen molar-refractivity contribution in [2.75, 3.05) is 24.2 Å². The summed E-state index contributed by atoms with van der Waals surface area (Å²) in [4.78, 5) is 28.0. The first-order valence-electron chi connectivity index (χ1n) is 11.6. The van der Waals surface area contributed by atoms with Crippen molar-refractivity contribution in [1.29, 1.82) is 0 Å². The van der Waals surface area contributed by atoms with Gasteiger partial charge in [-0.1, -0.05) is 25.1 Å². The molecule has 2 aromatic rings. The zero-order valence-corrected chi connectivity index (χ0v) is 22.5. The average Bonchev–Trinajstić information content (AvgIpc) is 2.78. The van der Waals surface area contributed by atoms with Crippen molar-refractivity contribution in [3.05, 3.63) is 59.2 Å². The third kappa shape index (κ3) is 7.99. The number of aryl methyl sites for hydroxylation is 2. The number of anilines is 1. The Morgan fingerprint density at radius 3 is 2.23 bits per heavy atom. The Kier molecular flexibility index (Phi) is 9.71. The topological polar surface area (TPSA) is 96.0 Å². The Morgan fingerprint density at radius 1 is 1.06 bits per heavy atom. The van der Waals surface area contributed by atoms with E-state index in [1.807, 2.05) is 39.8 Å². The zero-order valence-electron chi connectivity index (χ0n) is 21.7. The Morgan fingerprint density at radius 2 is 1.69 bits per heavy atom. The highest BCUT2D eigenvalue weighted by molar-refractivity contribution is 7.92. The number of sulfonamides is 1. The summed E-state index contributed by atoms with van der Waals surface area (Å²) in [5, 5.41) is 2.91. The first kappa shape index (κ1) is 28.2. The van der Waals surface area contributed by atoms with Crippen molar-refractivity contribution in [2.45, 2.75) is 59.7 Å². The molecule has 8 nitrogen and oxygen atoms in total. The predicted molar refractivity (Wildman–Crippen MR) is 139 cm³/mol. The lowest BCUT2D eigenvalue weighted by Crippen LogP contribution is -2.52. The average molecular weight is 504 g/mol. The molecule has 0 aliphatic heterocycles. The van der Waals surface area contributed by atoms with Crippen LogP contribution in [0.5, 0.6) is 5.75 Å². The van der Waals surface area contributed by atoms with Crippen LogP contribution in [-0.2, 0) is 26.2 Å². The van der Waals surface area contributed by atoms with Gasteiger partial charge < -0.3 is 15.0 Å². The van der Waals surface area contributed by atoms with Crippen LogP contribution in [0.1, 0.15) is 43.9 Å². The van der Waals surface area contributed by atoms with E-state index in [-0.39, 0.29) is 18.5 Å². The highest BCUT2D eigenvalue weighted by Gasteiger charge is 2.30. The molecule has 0 bridgehead atoms. The summed E-state index contributed by atoms with van der Waals surface area (Å²) in [5.74, 6) is -0.156. The molecule has 2 atom stereocenters. The lowest BCUT2D eigenvalue weighted by Gasteiger charge is -2.32. The second-order valence-corrected chi connectivity index (χ2v) is 10.9. The Hall–Kier alpha value is -3.07. The summed E-state index contributed by atoms with van der Waals surface area (Å²) in [6.45, 7) is 8.94. The predicted octanol–water partition coefficient (Wildman–Crippen LogP) is 3.41. The van der Waals surface area contributed by atoms with Gasteiger partial charge in [-0.05, 0) is 75.1 Å². The van der Waals surface area contributed by atoms with Gasteiger partial charge in [0.05, 0.1) is 19.1 Å². The van der Waals surface area contributed by atoms with E-state index in [2.05, 4.69) is 5.32 Å². The van der Waals surface area contributed by atoms with Crippen LogP contribution in [0.25, 0.3) is 0 Å². The fourth-order valence-electron chi connectivity index (χ4n) is 3.72. The molecule has 192 valence electrons. The number of carbonyl (C=O) groups excluding carboxylic acids is 2. The molecule has 0 aromatic heterocycles. The monoisotopic (exact) mass is 503 g/mol. The number of methoxy groups -OCH3 is 1. The van der Waals surface area contributed by atoms with E-state index in [4.69, 9.17) is 4.74 Å². The van der Waals surface area contributed by atoms with E-state index in [9.17, 15) is 18.0 Å². The van der Waals surface area contributed by atoms with Crippen molar-refractivity contribution in [3.63, 3.8) is 0 Å². The van der Waals surface area contributed by atoms with Crippen molar-refractivity contribution in [1.82, 2.24) is 10.2 Å². The van der Waals surface area contributed by atoms with Crippen LogP contribution in [0.15, 0.2) is 42.5 Å². The third-order valence-electron chi connectivity index (χ3n) is 5.83. The van der Waals surface area contributed by atoms with Gasteiger partial charge >= 0.3 is 0 Å². The summed E-state index contributed by atoms with van der Waals surface area (Å²) < 4.78 is 31.8. The lowest BCUT2D eigenvalue weighted by atomic mass is 10.1. The fraction of sp³-hybridized carbons (Fsp3) is 0.462. The van der Waals surface area contributed by atoms with E-state index in [1.54, 1.807) is 44.4 Å². The first-order chi connectivity index (χ1) is 16.3. The van der Waals surface area contributed by atoms with Gasteiger partial charge in [0, 0.05) is 12.6 Å². The van der Waals surface area contributed by atoms with E-state index in [1.165, 1.54) is 4.90 Å². The first-order valence-corrected chi connectivity index (χ1v) is 13.5. The number of amides is 2. The number of nitrogens with zero attached hydrogens (tertiary/aromatic N) is 2. The third-order valence-corrected chi connectivity index (χ3v) is 6.97. The van der Waals surface area contributed by atoms with E-state index in [0.29, 0.717) is 11.4 Å². The summed E-state index contributed by atoms with van der Waals surface area (Å²) >= 11 is 0. The number of carbonyl (C=O) groups is 2. The van der Waals surface area contributed by atoms with Crippen molar-refractivity contribution < 1.29 is 22.7 Å². The number of nitrogens with one attached hydrogen (secondary N) is 1. The molecule has 35 heavy (non-hydrogen) atoms. The van der Waals surface area contributed by atoms with Gasteiger partial charge in [0.2, 0.25) is 21.8 Å². The molecule has 0 aliphatic carbocycles. The van der Waals surface area contributed by atoms with Gasteiger partial charge in [-0.3, -0.25) is 13.9 Å². The Bertz CT molecular complexity index is 1130. The van der Waals surface area contributed by atoms with E-state index < -0.39 is 28.5 Å². The number of rotatable bonds is 11. The molecule has 0 spiro atoms. The van der Waals surface area contributed by atoms with Crippen LogP contribution < -0.4 is 14.4 Å². The van der Waals surface area contributed by atoms with Gasteiger partial charge in [-0.2, -0.15) is 0 Å². The fourth-order valence-corrected chi connectivity index (χ4v) is 4.56. The molecule has 0 saturated heterocycles. The molecule has 2 rings (SSSR count). The largest absolute Gasteiger partial charge is 0.497 e. The van der Waals surface area contributed by atoms with Gasteiger partial charge in [-0.25, -0.2) is 8.42 Å². The number of benzene rings is 2. The molecule has 0 aliphatic rings. The summed E-state index contributed by atoms with van der Waals surface area (Å²) in [5.41, 5.74) is 2.95. The molecular formula is C26H37N3O5S. The molecule has 2 aromatic carbocycles. The van der Waals surface area contributed by atoms with Crippen molar-refractivity contribution in [2.24, 2.45) is 0 Å². The van der Waals surface area contributed by atoms with E-state index in [0.717, 1.165) is 33.7 Å². The number of hydrogen-bond acceptors (Lipinski definition) is 5. The molecular weight excluding hydrogens is 466 g/mol. The number of ether oxygens (including phenoxy) is 1. The maximum absolute atomic E-state index is 13.6. The second kappa shape index (κ2) is 12.1. The van der Waals surface area contributed by atoms with Crippen molar-refractivity contribution >= 4 is 27.5 Å². The summed E-state index contributed by atoms with van der Waals surface area (Å²) in [7, 11) is -2.21. The molecule has 1 N–H and O–H groups in total. The molecule has 2 unspecified atom stereocenters. The summed E-state index contributed by atoms with van der Waals surface area (Å²) in [6.07, 6.45) is 1.82. The molecule has 2 amide bonds. The second-order valence-electron chi connectivity index (χ2n) is 8.98. The molecule has 0 fully saturated rings. The minimum Gasteiger partial charge on any atom is -0.497 e.